The van der Waals surface area contributed by atoms with Crippen LogP contribution in [0.5, 0.6) is 0 Å². The molecule has 4 bridgehead atoms. The molecule has 0 aromatic carbocycles. The van der Waals surface area contributed by atoms with Gasteiger partial charge in [-0.2, -0.15) is 0 Å². The lowest BCUT2D eigenvalue weighted by atomic mass is 9.68. The molecule has 0 aromatic rings. The molecule has 4 aliphatic carbocycles. The highest BCUT2D eigenvalue weighted by molar-refractivity contribution is 5.10. The van der Waals surface area contributed by atoms with E-state index in [2.05, 4.69) is 0 Å². The number of hydrogen-bond acceptors (Lipinski definition) is 0. The van der Waals surface area contributed by atoms with E-state index in [4.69, 9.17) is 0 Å². The van der Waals surface area contributed by atoms with Gasteiger partial charge in [-0.3, -0.25) is 4.39 Å². The number of rotatable bonds is 1. The number of alkyl halides is 1. The molecule has 7 atom stereocenters. The Hall–Kier alpha value is -0.0700. The molecule has 0 heterocycles. The van der Waals surface area contributed by atoms with Gasteiger partial charge in [0.1, 0.15) is 0 Å². The summed E-state index contributed by atoms with van der Waals surface area (Å²) in [5.41, 5.74) is 0. The number of hydrogen-bond donors (Lipinski definition) is 0. The van der Waals surface area contributed by atoms with Gasteiger partial charge in [0.05, 0.1) is 6.67 Å². The Labute approximate surface area is 85.3 Å². The molecule has 0 amide bonds. The minimum atomic E-state index is -0.0260. The smallest absolute Gasteiger partial charge is 0.0925 e. The largest absolute Gasteiger partial charge is 0.251 e. The molecule has 0 aromatic heterocycles. The van der Waals surface area contributed by atoms with E-state index < -0.39 is 0 Å². The van der Waals surface area contributed by atoms with Gasteiger partial charge in [0.25, 0.3) is 0 Å². The maximum atomic E-state index is 12.9. The van der Waals surface area contributed by atoms with Crippen molar-refractivity contribution in [3.63, 3.8) is 0 Å². The molecule has 1 heteroatoms. The first kappa shape index (κ1) is 8.13. The normalized spacial score (nSPS) is 63.6. The molecule has 78 valence electrons. The van der Waals surface area contributed by atoms with E-state index >= 15 is 0 Å². The Balaban J connectivity index is 1.68. The van der Waals surface area contributed by atoms with Crippen LogP contribution in [0.2, 0.25) is 0 Å². The van der Waals surface area contributed by atoms with Crippen LogP contribution >= 0.6 is 0 Å². The highest BCUT2D eigenvalue weighted by atomic mass is 19.1. The van der Waals surface area contributed by atoms with E-state index in [0.717, 1.165) is 35.5 Å². The molecule has 0 saturated heterocycles. The molecular weight excluding hydrogens is 175 g/mol. The number of halogens is 1. The lowest BCUT2D eigenvalue weighted by Crippen LogP contribution is -2.33. The predicted octanol–water partition coefficient (Wildman–Crippen LogP) is 3.27. The molecule has 4 fully saturated rings. The van der Waals surface area contributed by atoms with Crippen LogP contribution in [0.25, 0.3) is 0 Å². The summed E-state index contributed by atoms with van der Waals surface area (Å²) in [5.74, 6) is 6.36. The minimum absolute atomic E-state index is 0.0260. The van der Waals surface area contributed by atoms with Gasteiger partial charge < -0.3 is 0 Å². The SMILES string of the molecule is FCC1CC2CC1C1C3CCC(C3)C21. The maximum Gasteiger partial charge on any atom is 0.0925 e. The van der Waals surface area contributed by atoms with Gasteiger partial charge in [0.2, 0.25) is 0 Å². The molecule has 0 nitrogen and oxygen atoms in total. The second kappa shape index (κ2) is 2.54. The average molecular weight is 194 g/mol. The third kappa shape index (κ3) is 0.773. The molecule has 4 rings (SSSR count). The standard InChI is InChI=1S/C13H19F/c14-6-10-4-9-5-11(10)13-8-2-1-7(3-8)12(9)13/h7-13H,1-6H2. The topological polar surface area (TPSA) is 0 Å². The fourth-order valence-electron chi connectivity index (χ4n) is 5.88. The Bertz CT molecular complexity index is 262. The highest BCUT2D eigenvalue weighted by Gasteiger charge is 2.61. The summed E-state index contributed by atoms with van der Waals surface area (Å²) < 4.78 is 12.9. The summed E-state index contributed by atoms with van der Waals surface area (Å²) in [7, 11) is 0. The van der Waals surface area contributed by atoms with E-state index in [1.54, 1.807) is 0 Å². The molecule has 7 unspecified atom stereocenters. The van der Waals surface area contributed by atoms with Crippen LogP contribution in [0.1, 0.15) is 32.1 Å². The number of fused-ring (bicyclic) bond motifs is 9. The quantitative estimate of drug-likeness (QED) is 0.562. The Morgan fingerprint density at radius 3 is 2.43 bits per heavy atom. The zero-order valence-electron chi connectivity index (χ0n) is 8.66. The van der Waals surface area contributed by atoms with Crippen molar-refractivity contribution in [3.05, 3.63) is 0 Å². The fraction of sp³-hybridized carbons (Fsp3) is 1.00. The van der Waals surface area contributed by atoms with Crippen molar-refractivity contribution in [1.29, 1.82) is 0 Å². The molecule has 0 N–H and O–H groups in total. The van der Waals surface area contributed by atoms with E-state index in [0.29, 0.717) is 5.92 Å². The van der Waals surface area contributed by atoms with Crippen LogP contribution in [-0.2, 0) is 0 Å². The van der Waals surface area contributed by atoms with Gasteiger partial charge in [0, 0.05) is 0 Å². The third-order valence-corrected chi connectivity index (χ3v) is 6.07. The van der Waals surface area contributed by atoms with Crippen LogP contribution < -0.4 is 0 Å². The summed E-state index contributed by atoms with van der Waals surface area (Å²) >= 11 is 0. The predicted molar refractivity (Wildman–Crippen MR) is 53.5 cm³/mol. The monoisotopic (exact) mass is 194 g/mol. The van der Waals surface area contributed by atoms with Gasteiger partial charge in [-0.1, -0.05) is 0 Å². The van der Waals surface area contributed by atoms with Crippen molar-refractivity contribution in [2.24, 2.45) is 41.4 Å². The average Bonchev–Trinajstić information content (AvgIpc) is 2.94. The molecule has 0 spiro atoms. The van der Waals surface area contributed by atoms with E-state index in [1.807, 2.05) is 0 Å². The van der Waals surface area contributed by atoms with E-state index in [1.165, 1.54) is 32.1 Å². The first-order valence-corrected chi connectivity index (χ1v) is 6.44. The van der Waals surface area contributed by atoms with Gasteiger partial charge in [-0.25, -0.2) is 0 Å². The van der Waals surface area contributed by atoms with Gasteiger partial charge >= 0.3 is 0 Å². The fourth-order valence-corrected chi connectivity index (χ4v) is 5.88. The summed E-state index contributed by atoms with van der Waals surface area (Å²) in [6.07, 6.45) is 7.15. The highest BCUT2D eigenvalue weighted by Crippen LogP contribution is 2.68. The molecule has 4 aliphatic rings. The summed E-state index contributed by atoms with van der Waals surface area (Å²) in [4.78, 5) is 0. The van der Waals surface area contributed by atoms with E-state index in [-0.39, 0.29) is 6.67 Å². The van der Waals surface area contributed by atoms with Crippen LogP contribution in [-0.4, -0.2) is 6.67 Å². The Morgan fingerprint density at radius 1 is 0.857 bits per heavy atom. The van der Waals surface area contributed by atoms with Crippen molar-refractivity contribution in [1.82, 2.24) is 0 Å². The molecule has 4 saturated carbocycles. The summed E-state index contributed by atoms with van der Waals surface area (Å²) in [6, 6.07) is 0. The second-order valence-electron chi connectivity index (χ2n) is 6.30. The summed E-state index contributed by atoms with van der Waals surface area (Å²) in [5, 5.41) is 0. The minimum Gasteiger partial charge on any atom is -0.251 e. The molecule has 0 aliphatic heterocycles. The van der Waals surface area contributed by atoms with Crippen molar-refractivity contribution < 1.29 is 4.39 Å². The first-order valence-electron chi connectivity index (χ1n) is 6.44. The van der Waals surface area contributed by atoms with Gasteiger partial charge in [-0.15, -0.1) is 0 Å². The zero-order valence-corrected chi connectivity index (χ0v) is 8.66. The van der Waals surface area contributed by atoms with Crippen molar-refractivity contribution in [3.8, 4) is 0 Å². The maximum absolute atomic E-state index is 12.9. The van der Waals surface area contributed by atoms with Crippen LogP contribution in [0.4, 0.5) is 4.39 Å². The van der Waals surface area contributed by atoms with Crippen molar-refractivity contribution in [2.45, 2.75) is 32.1 Å². The lowest BCUT2D eigenvalue weighted by molar-refractivity contribution is 0.0922. The molecule has 14 heavy (non-hydrogen) atoms. The van der Waals surface area contributed by atoms with Crippen LogP contribution in [0.3, 0.4) is 0 Å². The Kier molecular flexibility index (Phi) is 1.47. The van der Waals surface area contributed by atoms with Gasteiger partial charge in [-0.05, 0) is 73.5 Å². The van der Waals surface area contributed by atoms with Crippen molar-refractivity contribution in [2.75, 3.05) is 6.67 Å². The third-order valence-electron chi connectivity index (χ3n) is 6.07. The first-order chi connectivity index (χ1) is 6.88. The van der Waals surface area contributed by atoms with Crippen LogP contribution in [0, 0.1) is 41.4 Å². The molecule has 0 radical (unpaired) electrons. The van der Waals surface area contributed by atoms with Crippen molar-refractivity contribution >= 4 is 0 Å². The molecular formula is C13H19F. The lowest BCUT2D eigenvalue weighted by Gasteiger charge is -2.37. The van der Waals surface area contributed by atoms with Gasteiger partial charge in [0.15, 0.2) is 0 Å². The second-order valence-corrected chi connectivity index (χ2v) is 6.30. The summed E-state index contributed by atoms with van der Waals surface area (Å²) in [6.45, 7) is -0.0260. The van der Waals surface area contributed by atoms with Crippen LogP contribution in [0.15, 0.2) is 0 Å². The zero-order chi connectivity index (χ0) is 9.28. The van der Waals surface area contributed by atoms with E-state index in [9.17, 15) is 4.39 Å². The Morgan fingerprint density at radius 2 is 1.64 bits per heavy atom.